The van der Waals surface area contributed by atoms with E-state index < -0.39 is 0 Å². The number of hydrogen-bond acceptors (Lipinski definition) is 5. The molecule has 1 aliphatic rings. The summed E-state index contributed by atoms with van der Waals surface area (Å²) in [6.07, 6.45) is 2.04. The largest absolute Gasteiger partial charge is 0.492 e. The van der Waals surface area contributed by atoms with Crippen molar-refractivity contribution in [2.75, 3.05) is 13.1 Å². The summed E-state index contributed by atoms with van der Waals surface area (Å²) < 4.78 is 15.4. The van der Waals surface area contributed by atoms with Gasteiger partial charge in [0.2, 0.25) is 16.7 Å². The molecule has 1 aromatic carbocycles. The smallest absolute Gasteiger partial charge is 0.235 e. The van der Waals surface area contributed by atoms with Crippen molar-refractivity contribution in [1.82, 2.24) is 14.6 Å². The highest BCUT2D eigenvalue weighted by atomic mass is 32.1. The molecule has 148 valence electrons. The first kappa shape index (κ1) is 18.8. The van der Waals surface area contributed by atoms with E-state index in [-0.39, 0.29) is 29.6 Å². The number of amides is 1. The summed E-state index contributed by atoms with van der Waals surface area (Å²) >= 11 is 1.37. The van der Waals surface area contributed by atoms with Gasteiger partial charge in [0.05, 0.1) is 13.1 Å². The van der Waals surface area contributed by atoms with Crippen molar-refractivity contribution in [3.63, 3.8) is 0 Å². The number of nitrogens with two attached hydrogens (primary N) is 1. The maximum Gasteiger partial charge on any atom is 0.235 e. The number of primary amides is 1. The Labute approximate surface area is 165 Å². The molecule has 28 heavy (non-hydrogen) atoms. The minimum atomic E-state index is -0.318. The van der Waals surface area contributed by atoms with Gasteiger partial charge < -0.3 is 15.7 Å². The molecule has 0 aliphatic carbocycles. The van der Waals surface area contributed by atoms with E-state index in [1.807, 2.05) is 13.0 Å². The van der Waals surface area contributed by atoms with Gasteiger partial charge in [-0.05, 0) is 12.1 Å². The molecule has 9 heteroatoms. The maximum absolute atomic E-state index is 14.0. The quantitative estimate of drug-likeness (QED) is 0.592. The van der Waals surface area contributed by atoms with Gasteiger partial charge >= 0.3 is 0 Å². The lowest BCUT2D eigenvalue weighted by molar-refractivity contribution is -0.930. The molecule has 0 saturated carbocycles. The van der Waals surface area contributed by atoms with Gasteiger partial charge in [-0.2, -0.15) is 4.52 Å². The van der Waals surface area contributed by atoms with Gasteiger partial charge in [0.15, 0.2) is 11.9 Å². The average Bonchev–Trinajstić information content (AvgIpc) is 3.22. The Bertz CT molecular complexity index is 1010. The van der Waals surface area contributed by atoms with Crippen LogP contribution in [-0.4, -0.2) is 38.7 Å². The summed E-state index contributed by atoms with van der Waals surface area (Å²) in [6, 6.07) is 6.20. The number of quaternary nitrogens is 1. The molecule has 3 aromatic rings. The fourth-order valence-corrected chi connectivity index (χ4v) is 5.11. The van der Waals surface area contributed by atoms with Crippen molar-refractivity contribution in [3.05, 3.63) is 46.3 Å². The van der Waals surface area contributed by atoms with E-state index in [4.69, 9.17) is 5.73 Å². The second kappa shape index (κ2) is 7.48. The molecule has 0 radical (unpaired) electrons. The van der Waals surface area contributed by atoms with E-state index in [0.717, 1.165) is 5.56 Å². The zero-order valence-electron chi connectivity index (χ0n) is 15.6. The van der Waals surface area contributed by atoms with Crippen LogP contribution in [0.15, 0.2) is 24.3 Å². The fraction of sp³-hybridized carbons (Fsp3) is 0.421. The Kier molecular flexibility index (Phi) is 5.03. The molecule has 0 bridgehead atoms. The summed E-state index contributed by atoms with van der Waals surface area (Å²) in [5.74, 6) is 0.00664. The number of aromatic hydroxyl groups is 1. The van der Waals surface area contributed by atoms with Crippen LogP contribution >= 0.6 is 11.3 Å². The van der Waals surface area contributed by atoms with Crippen LogP contribution < -0.4 is 10.6 Å². The molecule has 1 atom stereocenters. The van der Waals surface area contributed by atoms with E-state index >= 15 is 0 Å². The number of piperidine rings is 1. The van der Waals surface area contributed by atoms with Crippen LogP contribution in [0.25, 0.3) is 4.96 Å². The molecule has 1 aliphatic heterocycles. The number of aromatic nitrogens is 3. The van der Waals surface area contributed by atoms with Crippen LogP contribution in [0.3, 0.4) is 0 Å². The number of benzene rings is 1. The van der Waals surface area contributed by atoms with E-state index in [0.29, 0.717) is 48.0 Å². The Hall–Kier alpha value is -2.52. The lowest BCUT2D eigenvalue weighted by Crippen LogP contribution is -3.13. The number of halogens is 1. The summed E-state index contributed by atoms with van der Waals surface area (Å²) in [4.78, 5) is 18.5. The topological polar surface area (TPSA) is 98.0 Å². The first-order chi connectivity index (χ1) is 13.5. The molecular formula is C19H23FN5O2S+. The van der Waals surface area contributed by atoms with Crippen LogP contribution in [0.5, 0.6) is 5.88 Å². The third-order valence-corrected chi connectivity index (χ3v) is 6.53. The first-order valence-electron chi connectivity index (χ1n) is 9.44. The van der Waals surface area contributed by atoms with E-state index in [2.05, 4.69) is 10.1 Å². The summed E-state index contributed by atoms with van der Waals surface area (Å²) in [6.45, 7) is 3.38. The SMILES string of the molecule is CCc1nc2sc([C@@H](c3cccc(F)c3)[NH+]3CCC(C(N)=O)CC3)c(O)n2n1. The first-order valence-corrected chi connectivity index (χ1v) is 10.3. The van der Waals surface area contributed by atoms with Crippen LogP contribution in [0, 0.1) is 11.7 Å². The minimum Gasteiger partial charge on any atom is -0.492 e. The second-order valence-corrected chi connectivity index (χ2v) is 8.20. The normalized spacial score (nSPS) is 21.1. The molecule has 2 aromatic heterocycles. The van der Waals surface area contributed by atoms with Gasteiger partial charge in [-0.15, -0.1) is 5.10 Å². The second-order valence-electron chi connectivity index (χ2n) is 7.19. The molecule has 4 rings (SSSR count). The molecule has 4 N–H and O–H groups in total. The fourth-order valence-electron chi connectivity index (χ4n) is 3.95. The van der Waals surface area contributed by atoms with Crippen molar-refractivity contribution in [3.8, 4) is 5.88 Å². The molecule has 1 amide bonds. The number of fused-ring (bicyclic) bond motifs is 1. The highest BCUT2D eigenvalue weighted by Gasteiger charge is 2.36. The number of rotatable bonds is 5. The van der Waals surface area contributed by atoms with Crippen molar-refractivity contribution in [2.24, 2.45) is 11.7 Å². The number of thiazole rings is 1. The third kappa shape index (κ3) is 3.35. The van der Waals surface area contributed by atoms with Crippen LogP contribution in [0.2, 0.25) is 0 Å². The number of nitrogens with zero attached hydrogens (tertiary/aromatic N) is 3. The summed E-state index contributed by atoms with van der Waals surface area (Å²) in [7, 11) is 0. The van der Waals surface area contributed by atoms with Gasteiger partial charge in [0.25, 0.3) is 0 Å². The third-order valence-electron chi connectivity index (χ3n) is 5.44. The predicted molar refractivity (Wildman–Crippen MR) is 103 cm³/mol. The number of nitrogens with one attached hydrogen (secondary N) is 1. The Morgan fingerprint density at radius 1 is 1.46 bits per heavy atom. The number of carbonyl (C=O) groups excluding carboxylic acids is 1. The molecule has 7 nitrogen and oxygen atoms in total. The Morgan fingerprint density at radius 3 is 2.82 bits per heavy atom. The number of hydrogen-bond donors (Lipinski definition) is 3. The summed E-state index contributed by atoms with van der Waals surface area (Å²) in [5, 5.41) is 15.2. The predicted octanol–water partition coefficient (Wildman–Crippen LogP) is 1.07. The molecule has 3 heterocycles. The zero-order valence-corrected chi connectivity index (χ0v) is 16.4. The highest BCUT2D eigenvalue weighted by Crippen LogP contribution is 2.35. The van der Waals surface area contributed by atoms with E-state index in [1.54, 1.807) is 6.07 Å². The van der Waals surface area contributed by atoms with E-state index in [9.17, 15) is 14.3 Å². The maximum atomic E-state index is 14.0. The Balaban J connectivity index is 1.74. The van der Waals surface area contributed by atoms with Crippen LogP contribution in [0.4, 0.5) is 4.39 Å². The van der Waals surface area contributed by atoms with Crippen molar-refractivity contribution in [1.29, 1.82) is 0 Å². The molecule has 0 unspecified atom stereocenters. The molecular weight excluding hydrogens is 381 g/mol. The van der Waals surface area contributed by atoms with Gasteiger partial charge in [-0.3, -0.25) is 4.79 Å². The van der Waals surface area contributed by atoms with E-state index in [1.165, 1.54) is 32.9 Å². The minimum absolute atomic E-state index is 0.0472. The number of aryl methyl sites for hydroxylation is 1. The average molecular weight is 404 g/mol. The zero-order chi connectivity index (χ0) is 19.8. The van der Waals surface area contributed by atoms with Crippen molar-refractivity contribution >= 4 is 22.2 Å². The van der Waals surface area contributed by atoms with Crippen molar-refractivity contribution < 1.29 is 19.2 Å². The van der Waals surface area contributed by atoms with Crippen LogP contribution in [-0.2, 0) is 11.2 Å². The van der Waals surface area contributed by atoms with Gasteiger partial charge in [0.1, 0.15) is 10.7 Å². The number of carbonyl (C=O) groups is 1. The van der Waals surface area contributed by atoms with Gasteiger partial charge in [0, 0.05) is 30.7 Å². The Morgan fingerprint density at radius 2 is 2.21 bits per heavy atom. The number of likely N-dealkylation sites (tertiary alicyclic amines) is 1. The lowest BCUT2D eigenvalue weighted by Gasteiger charge is -2.33. The van der Waals surface area contributed by atoms with Gasteiger partial charge in [-0.1, -0.05) is 30.4 Å². The molecule has 1 saturated heterocycles. The van der Waals surface area contributed by atoms with Crippen molar-refractivity contribution in [2.45, 2.75) is 32.2 Å². The molecule has 0 spiro atoms. The highest BCUT2D eigenvalue weighted by molar-refractivity contribution is 7.17. The standard InChI is InChI=1S/C19H22FN5O2S/c1-2-14-22-19-25(23-14)18(27)16(28-19)15(12-4-3-5-13(20)10-12)24-8-6-11(7-9-24)17(21)26/h3-5,10-11,15,27H,2,6-9H2,1H3,(H2,21,26)/p+1/t15-/m1/s1. The van der Waals surface area contributed by atoms with Gasteiger partial charge in [-0.25, -0.2) is 9.37 Å². The summed E-state index contributed by atoms with van der Waals surface area (Å²) in [5.41, 5.74) is 6.24. The van der Waals surface area contributed by atoms with Crippen LogP contribution in [0.1, 0.15) is 42.1 Å². The molecule has 1 fully saturated rings. The monoisotopic (exact) mass is 404 g/mol. The lowest BCUT2D eigenvalue weighted by atomic mass is 9.93.